The lowest BCUT2D eigenvalue weighted by Crippen LogP contribution is -2.28. The first kappa shape index (κ1) is 25.0. The van der Waals surface area contributed by atoms with E-state index in [9.17, 15) is 5.11 Å². The number of aromatic hydroxyl groups is 1. The van der Waals surface area contributed by atoms with Crippen LogP contribution in [0.15, 0.2) is 107 Å². The molecule has 4 aromatic carbocycles. The number of amidine groups is 1. The average molecular weight is 523 g/mol. The average Bonchev–Trinajstić information content (AvgIpc) is 2.87. The van der Waals surface area contributed by atoms with Crippen LogP contribution in [0.3, 0.4) is 0 Å². The van der Waals surface area contributed by atoms with Gasteiger partial charge in [0.1, 0.15) is 11.5 Å². The molecule has 0 saturated heterocycles. The van der Waals surface area contributed by atoms with Crippen molar-refractivity contribution < 1.29 is 9.84 Å². The highest BCUT2D eigenvalue weighted by Crippen LogP contribution is 2.29. The van der Waals surface area contributed by atoms with Crippen LogP contribution in [0.1, 0.15) is 11.1 Å². The first-order valence-electron chi connectivity index (χ1n) is 10.9. The molecule has 4 aromatic rings. The zero-order valence-corrected chi connectivity index (χ0v) is 21.4. The second-order valence-corrected chi connectivity index (χ2v) is 9.71. The number of thioether (sulfide) groups is 1. The van der Waals surface area contributed by atoms with Crippen molar-refractivity contribution in [3.05, 3.63) is 118 Å². The zero-order valence-electron chi connectivity index (χ0n) is 19.1. The van der Waals surface area contributed by atoms with Crippen molar-refractivity contribution in [2.24, 2.45) is 4.99 Å². The molecule has 0 unspecified atom stereocenters. The maximum Gasteiger partial charge on any atom is 0.169 e. The van der Waals surface area contributed by atoms with Crippen molar-refractivity contribution in [1.29, 1.82) is 0 Å². The lowest BCUT2D eigenvalue weighted by atomic mass is 10.1. The van der Waals surface area contributed by atoms with Gasteiger partial charge in [0.15, 0.2) is 5.17 Å². The minimum Gasteiger partial charge on any atom is -0.508 e. The van der Waals surface area contributed by atoms with Crippen LogP contribution >= 0.6 is 35.0 Å². The van der Waals surface area contributed by atoms with Crippen LogP contribution in [-0.4, -0.2) is 22.3 Å². The van der Waals surface area contributed by atoms with Crippen LogP contribution in [0, 0.1) is 0 Å². The van der Waals surface area contributed by atoms with Crippen LogP contribution in [0.25, 0.3) is 0 Å². The number of hydrogen-bond donors (Lipinski definition) is 1. The molecule has 0 amide bonds. The van der Waals surface area contributed by atoms with Gasteiger partial charge in [0.2, 0.25) is 0 Å². The van der Waals surface area contributed by atoms with Gasteiger partial charge >= 0.3 is 0 Å². The predicted octanol–water partition coefficient (Wildman–Crippen LogP) is 8.19. The molecule has 178 valence electrons. The minimum atomic E-state index is 0.237. The van der Waals surface area contributed by atoms with Crippen LogP contribution < -0.4 is 4.74 Å². The molecule has 0 atom stereocenters. The Balaban J connectivity index is 1.73. The van der Waals surface area contributed by atoms with Gasteiger partial charge in [0, 0.05) is 28.0 Å². The molecule has 0 saturated carbocycles. The van der Waals surface area contributed by atoms with E-state index in [0.717, 1.165) is 32.6 Å². The molecule has 0 fully saturated rings. The molecule has 4 nitrogen and oxygen atoms in total. The topological polar surface area (TPSA) is 45.1 Å². The van der Waals surface area contributed by atoms with Crippen LogP contribution in [0.2, 0.25) is 10.0 Å². The highest BCUT2D eigenvalue weighted by Gasteiger charge is 2.16. The molecular weight excluding hydrogens is 499 g/mol. The van der Waals surface area contributed by atoms with Gasteiger partial charge in [-0.15, -0.1) is 0 Å². The number of rotatable bonds is 7. The predicted molar refractivity (Wildman–Crippen MR) is 146 cm³/mol. The quantitative estimate of drug-likeness (QED) is 0.151. The van der Waals surface area contributed by atoms with E-state index in [2.05, 4.69) is 17.0 Å². The lowest BCUT2D eigenvalue weighted by Gasteiger charge is -2.26. The molecule has 1 N–H and O–H groups in total. The minimum absolute atomic E-state index is 0.237. The monoisotopic (exact) mass is 522 g/mol. The molecule has 0 radical (unpaired) electrons. The number of benzene rings is 4. The van der Waals surface area contributed by atoms with E-state index < -0.39 is 0 Å². The Morgan fingerprint density at radius 3 is 1.83 bits per heavy atom. The zero-order chi connectivity index (χ0) is 24.6. The maximum absolute atomic E-state index is 9.74. The molecule has 0 heterocycles. The highest BCUT2D eigenvalue weighted by molar-refractivity contribution is 8.13. The third kappa shape index (κ3) is 7.43. The number of phenolic OH excluding ortho intramolecular Hbond substituents is 1. The van der Waals surface area contributed by atoms with Crippen molar-refractivity contribution in [3.8, 4) is 11.5 Å². The number of phenols is 1. The summed E-state index contributed by atoms with van der Waals surface area (Å²) in [5.41, 5.74) is 2.97. The fourth-order valence-electron chi connectivity index (χ4n) is 3.36. The third-order valence-corrected chi connectivity index (χ3v) is 6.73. The van der Waals surface area contributed by atoms with Crippen molar-refractivity contribution >= 4 is 45.8 Å². The van der Waals surface area contributed by atoms with Gasteiger partial charge in [-0.05, 0) is 83.9 Å². The number of halogens is 2. The number of aliphatic imine (C=N–C) groups is 1. The summed E-state index contributed by atoms with van der Waals surface area (Å²) in [5, 5.41) is 11.9. The van der Waals surface area contributed by atoms with E-state index in [1.165, 1.54) is 0 Å². The molecule has 35 heavy (non-hydrogen) atoms. The Bertz CT molecular complexity index is 1260. The maximum atomic E-state index is 9.74. The first-order chi connectivity index (χ1) is 17.0. The summed E-state index contributed by atoms with van der Waals surface area (Å²) in [4.78, 5) is 8.23. The number of methoxy groups -OCH3 is 1. The molecule has 0 aliphatic rings. The van der Waals surface area contributed by atoms with Gasteiger partial charge in [-0.25, -0.2) is 4.99 Å². The summed E-state index contributed by atoms with van der Waals surface area (Å²) in [6, 6.07) is 30.4. The summed E-state index contributed by atoms with van der Waals surface area (Å²) >= 11 is 13.8. The standard InChI is InChI=1S/C28H24Cl2N2O2S/c1-34-26-14-4-21(5-15-26)19-32(18-20-2-12-25(33)13-3-20)28(31-24-10-6-22(29)7-11-24)35-27-16-8-23(30)9-17-27/h2-17,33H,18-19H2,1H3. The van der Waals surface area contributed by atoms with E-state index in [-0.39, 0.29) is 5.75 Å². The number of hydrogen-bond acceptors (Lipinski definition) is 4. The van der Waals surface area contributed by atoms with Crippen LogP contribution in [-0.2, 0) is 13.1 Å². The van der Waals surface area contributed by atoms with Crippen molar-refractivity contribution in [2.45, 2.75) is 18.0 Å². The summed E-state index contributed by atoms with van der Waals surface area (Å²) < 4.78 is 5.32. The van der Waals surface area contributed by atoms with Crippen molar-refractivity contribution in [3.63, 3.8) is 0 Å². The van der Waals surface area contributed by atoms with Crippen molar-refractivity contribution in [2.75, 3.05) is 7.11 Å². The summed E-state index contributed by atoms with van der Waals surface area (Å²) in [6.07, 6.45) is 0. The van der Waals surface area contributed by atoms with E-state index in [1.54, 1.807) is 31.0 Å². The van der Waals surface area contributed by atoms with E-state index in [0.29, 0.717) is 23.1 Å². The Kier molecular flexibility index (Phi) is 8.59. The van der Waals surface area contributed by atoms with Crippen LogP contribution in [0.5, 0.6) is 11.5 Å². The number of nitrogens with zero attached hydrogens (tertiary/aromatic N) is 2. The van der Waals surface area contributed by atoms with Gasteiger partial charge in [-0.2, -0.15) is 0 Å². The third-order valence-electron chi connectivity index (χ3n) is 5.19. The molecule has 0 bridgehead atoms. The van der Waals surface area contributed by atoms with E-state index in [1.807, 2.05) is 72.8 Å². The largest absolute Gasteiger partial charge is 0.508 e. The Morgan fingerprint density at radius 1 is 0.771 bits per heavy atom. The first-order valence-corrected chi connectivity index (χ1v) is 12.5. The normalized spacial score (nSPS) is 11.3. The summed E-state index contributed by atoms with van der Waals surface area (Å²) in [7, 11) is 1.66. The van der Waals surface area contributed by atoms with Gasteiger partial charge in [-0.1, -0.05) is 59.2 Å². The second-order valence-electron chi connectivity index (χ2n) is 7.80. The molecular formula is C28H24Cl2N2O2S. The summed E-state index contributed by atoms with van der Waals surface area (Å²) in [5.74, 6) is 1.05. The smallest absolute Gasteiger partial charge is 0.169 e. The second kappa shape index (κ2) is 12.0. The van der Waals surface area contributed by atoms with Crippen molar-refractivity contribution in [1.82, 2.24) is 4.90 Å². The molecule has 0 aliphatic heterocycles. The molecule has 0 aromatic heterocycles. The van der Waals surface area contributed by atoms with E-state index >= 15 is 0 Å². The summed E-state index contributed by atoms with van der Waals surface area (Å²) in [6.45, 7) is 1.22. The van der Waals surface area contributed by atoms with E-state index in [4.69, 9.17) is 32.9 Å². The Hall–Kier alpha value is -3.12. The van der Waals surface area contributed by atoms with Crippen LogP contribution in [0.4, 0.5) is 5.69 Å². The SMILES string of the molecule is COc1ccc(CN(Cc2ccc(O)cc2)C(=Nc2ccc(Cl)cc2)Sc2ccc(Cl)cc2)cc1. The van der Waals surface area contributed by atoms with Gasteiger partial charge in [-0.3, -0.25) is 0 Å². The van der Waals surface area contributed by atoms with Gasteiger partial charge < -0.3 is 14.7 Å². The Labute approximate surface area is 219 Å². The Morgan fingerprint density at radius 2 is 1.29 bits per heavy atom. The molecule has 4 rings (SSSR count). The van der Waals surface area contributed by atoms with Gasteiger partial charge in [0.05, 0.1) is 12.8 Å². The highest BCUT2D eigenvalue weighted by atomic mass is 35.5. The molecule has 7 heteroatoms. The fraction of sp³-hybridized carbons (Fsp3) is 0.107. The number of ether oxygens (including phenoxy) is 1. The fourth-order valence-corrected chi connectivity index (χ4v) is 4.50. The lowest BCUT2D eigenvalue weighted by molar-refractivity contribution is 0.408. The molecule has 0 spiro atoms. The molecule has 0 aliphatic carbocycles. The van der Waals surface area contributed by atoms with Gasteiger partial charge in [0.25, 0.3) is 0 Å².